The van der Waals surface area contributed by atoms with Gasteiger partial charge in [-0.3, -0.25) is 0 Å². The summed E-state index contributed by atoms with van der Waals surface area (Å²) in [5, 5.41) is 10.6. The molecule has 0 unspecified atom stereocenters. The molecular formula is C14H22O. The second-order valence-corrected chi connectivity index (χ2v) is 4.40. The standard InChI is InChI=1S/C14H22O/c1-4-10-14(15,11-5-2)13-8-6-12(3)7-9-13/h6-9,15H,4-5,10-11H2,1-3H3. The molecule has 0 radical (unpaired) electrons. The fourth-order valence-corrected chi connectivity index (χ4v) is 2.10. The van der Waals surface area contributed by atoms with Crippen LogP contribution in [0.15, 0.2) is 24.3 Å². The van der Waals surface area contributed by atoms with Gasteiger partial charge in [0, 0.05) is 0 Å². The van der Waals surface area contributed by atoms with Crippen molar-refractivity contribution in [3.05, 3.63) is 35.4 Å². The fourth-order valence-electron chi connectivity index (χ4n) is 2.10. The van der Waals surface area contributed by atoms with Crippen LogP contribution < -0.4 is 0 Å². The molecule has 0 saturated carbocycles. The first-order chi connectivity index (χ1) is 7.12. The van der Waals surface area contributed by atoms with Crippen LogP contribution in [0.5, 0.6) is 0 Å². The zero-order valence-corrected chi connectivity index (χ0v) is 10.1. The maximum absolute atomic E-state index is 10.6. The predicted molar refractivity (Wildman–Crippen MR) is 64.9 cm³/mol. The van der Waals surface area contributed by atoms with Gasteiger partial charge in [0.1, 0.15) is 0 Å². The van der Waals surface area contributed by atoms with Gasteiger partial charge in [-0.25, -0.2) is 0 Å². The average molecular weight is 206 g/mol. The number of hydrogen-bond donors (Lipinski definition) is 1. The highest BCUT2D eigenvalue weighted by molar-refractivity contribution is 5.26. The molecule has 1 rings (SSSR count). The van der Waals surface area contributed by atoms with Crippen molar-refractivity contribution < 1.29 is 5.11 Å². The molecule has 0 saturated heterocycles. The van der Waals surface area contributed by atoms with E-state index in [2.05, 4.69) is 45.0 Å². The normalized spacial score (nSPS) is 11.7. The van der Waals surface area contributed by atoms with Crippen LogP contribution in [-0.2, 0) is 5.60 Å². The molecule has 0 atom stereocenters. The van der Waals surface area contributed by atoms with Crippen molar-refractivity contribution >= 4 is 0 Å². The summed E-state index contributed by atoms with van der Waals surface area (Å²) < 4.78 is 0. The number of benzene rings is 1. The number of aryl methyl sites for hydroxylation is 1. The smallest absolute Gasteiger partial charge is 0.0896 e. The minimum Gasteiger partial charge on any atom is -0.385 e. The summed E-state index contributed by atoms with van der Waals surface area (Å²) in [5.41, 5.74) is 1.70. The van der Waals surface area contributed by atoms with Crippen molar-refractivity contribution in [2.75, 3.05) is 0 Å². The molecule has 0 heterocycles. The summed E-state index contributed by atoms with van der Waals surface area (Å²) >= 11 is 0. The summed E-state index contributed by atoms with van der Waals surface area (Å²) in [6, 6.07) is 8.26. The van der Waals surface area contributed by atoms with Gasteiger partial charge in [-0.1, -0.05) is 56.5 Å². The van der Waals surface area contributed by atoms with Gasteiger partial charge >= 0.3 is 0 Å². The maximum Gasteiger partial charge on any atom is 0.0896 e. The molecule has 0 spiro atoms. The SMILES string of the molecule is CCCC(O)(CCC)c1ccc(C)cc1. The molecule has 1 N–H and O–H groups in total. The van der Waals surface area contributed by atoms with Crippen molar-refractivity contribution in [2.24, 2.45) is 0 Å². The van der Waals surface area contributed by atoms with E-state index in [1.165, 1.54) is 5.56 Å². The summed E-state index contributed by atoms with van der Waals surface area (Å²) in [6.45, 7) is 6.31. The van der Waals surface area contributed by atoms with Gasteiger partial charge < -0.3 is 5.11 Å². The van der Waals surface area contributed by atoms with Crippen LogP contribution in [0.4, 0.5) is 0 Å². The Morgan fingerprint density at radius 1 is 1.00 bits per heavy atom. The molecule has 1 aromatic rings. The van der Waals surface area contributed by atoms with Crippen molar-refractivity contribution in [1.82, 2.24) is 0 Å². The van der Waals surface area contributed by atoms with Crippen molar-refractivity contribution in [2.45, 2.75) is 52.1 Å². The predicted octanol–water partition coefficient (Wildman–Crippen LogP) is 3.78. The molecule has 0 fully saturated rings. The number of aliphatic hydroxyl groups is 1. The summed E-state index contributed by atoms with van der Waals surface area (Å²) in [7, 11) is 0. The van der Waals surface area contributed by atoms with Crippen LogP contribution in [0.25, 0.3) is 0 Å². The topological polar surface area (TPSA) is 20.2 Å². The quantitative estimate of drug-likeness (QED) is 0.777. The molecular weight excluding hydrogens is 184 g/mol. The Hall–Kier alpha value is -0.820. The number of hydrogen-bond acceptors (Lipinski definition) is 1. The Bertz CT molecular complexity index is 281. The van der Waals surface area contributed by atoms with E-state index in [1.807, 2.05) is 0 Å². The highest BCUT2D eigenvalue weighted by Crippen LogP contribution is 2.31. The molecule has 1 heteroatoms. The van der Waals surface area contributed by atoms with E-state index >= 15 is 0 Å². The van der Waals surface area contributed by atoms with Gasteiger partial charge in [0.25, 0.3) is 0 Å². The molecule has 0 bridgehead atoms. The Morgan fingerprint density at radius 3 is 1.87 bits per heavy atom. The van der Waals surface area contributed by atoms with Crippen molar-refractivity contribution in [1.29, 1.82) is 0 Å². The number of rotatable bonds is 5. The second kappa shape index (κ2) is 5.32. The van der Waals surface area contributed by atoms with Crippen LogP contribution in [0.3, 0.4) is 0 Å². The third-order valence-corrected chi connectivity index (χ3v) is 2.92. The van der Waals surface area contributed by atoms with E-state index in [0.29, 0.717) is 0 Å². The van der Waals surface area contributed by atoms with Crippen molar-refractivity contribution in [3.63, 3.8) is 0 Å². The van der Waals surface area contributed by atoms with Gasteiger partial charge in [0.05, 0.1) is 5.60 Å². The minimum atomic E-state index is -0.614. The van der Waals surface area contributed by atoms with Crippen LogP contribution in [0.2, 0.25) is 0 Å². The molecule has 0 aliphatic heterocycles. The lowest BCUT2D eigenvalue weighted by Crippen LogP contribution is -2.25. The van der Waals surface area contributed by atoms with E-state index in [9.17, 15) is 5.11 Å². The van der Waals surface area contributed by atoms with Gasteiger partial charge in [0.2, 0.25) is 0 Å². The molecule has 0 aromatic heterocycles. The lowest BCUT2D eigenvalue weighted by Gasteiger charge is -2.28. The van der Waals surface area contributed by atoms with E-state index in [4.69, 9.17) is 0 Å². The molecule has 0 aliphatic carbocycles. The molecule has 84 valence electrons. The molecule has 0 amide bonds. The maximum atomic E-state index is 10.6. The molecule has 0 aliphatic rings. The summed E-state index contributed by atoms with van der Waals surface area (Å²) in [4.78, 5) is 0. The van der Waals surface area contributed by atoms with Gasteiger partial charge in [0.15, 0.2) is 0 Å². The van der Waals surface area contributed by atoms with Crippen LogP contribution in [0.1, 0.15) is 50.7 Å². The Kier molecular flexibility index (Phi) is 4.34. The van der Waals surface area contributed by atoms with E-state index in [-0.39, 0.29) is 0 Å². The third-order valence-electron chi connectivity index (χ3n) is 2.92. The highest BCUT2D eigenvalue weighted by atomic mass is 16.3. The Morgan fingerprint density at radius 2 is 1.47 bits per heavy atom. The first kappa shape index (κ1) is 12.3. The van der Waals surface area contributed by atoms with E-state index in [0.717, 1.165) is 31.2 Å². The Labute approximate surface area is 93.1 Å². The minimum absolute atomic E-state index is 0.614. The van der Waals surface area contributed by atoms with E-state index < -0.39 is 5.60 Å². The zero-order chi connectivity index (χ0) is 11.3. The van der Waals surface area contributed by atoms with Gasteiger partial charge in [-0.2, -0.15) is 0 Å². The van der Waals surface area contributed by atoms with Crippen LogP contribution in [0, 0.1) is 6.92 Å². The zero-order valence-electron chi connectivity index (χ0n) is 10.1. The lowest BCUT2D eigenvalue weighted by molar-refractivity contribution is 0.0170. The van der Waals surface area contributed by atoms with Gasteiger partial charge in [-0.05, 0) is 25.3 Å². The summed E-state index contributed by atoms with van der Waals surface area (Å²) in [6.07, 6.45) is 3.74. The molecule has 1 aromatic carbocycles. The fraction of sp³-hybridized carbons (Fsp3) is 0.571. The monoisotopic (exact) mass is 206 g/mol. The van der Waals surface area contributed by atoms with E-state index in [1.54, 1.807) is 0 Å². The van der Waals surface area contributed by atoms with Crippen molar-refractivity contribution in [3.8, 4) is 0 Å². The first-order valence-corrected chi connectivity index (χ1v) is 5.92. The van der Waals surface area contributed by atoms with Crippen LogP contribution in [-0.4, -0.2) is 5.11 Å². The average Bonchev–Trinajstić information content (AvgIpc) is 2.19. The molecule has 15 heavy (non-hydrogen) atoms. The molecule has 1 nitrogen and oxygen atoms in total. The van der Waals surface area contributed by atoms with Crippen LogP contribution >= 0.6 is 0 Å². The van der Waals surface area contributed by atoms with Gasteiger partial charge in [-0.15, -0.1) is 0 Å². The first-order valence-electron chi connectivity index (χ1n) is 5.92. The second-order valence-electron chi connectivity index (χ2n) is 4.40. The largest absolute Gasteiger partial charge is 0.385 e. The third kappa shape index (κ3) is 3.07. The lowest BCUT2D eigenvalue weighted by atomic mass is 9.85. The Balaban J connectivity index is 2.92. The highest BCUT2D eigenvalue weighted by Gasteiger charge is 2.26. The summed E-state index contributed by atoms with van der Waals surface area (Å²) in [5.74, 6) is 0.